The Balaban J connectivity index is 3.28. The van der Waals surface area contributed by atoms with Crippen LogP contribution in [-0.4, -0.2) is 17.6 Å². The normalized spacial score (nSPS) is 12.6. The minimum atomic E-state index is -0.915. The summed E-state index contributed by atoms with van der Waals surface area (Å²) in [5.74, 6) is 0.884. The van der Waals surface area contributed by atoms with Gasteiger partial charge in [-0.05, 0) is 37.1 Å². The first kappa shape index (κ1) is 10.3. The summed E-state index contributed by atoms with van der Waals surface area (Å²) in [4.78, 5) is 0.857. The molecule has 2 nitrogen and oxygen atoms in total. The maximum atomic E-state index is 11.2. The fourth-order valence-electron chi connectivity index (χ4n) is 1.40. The highest BCUT2D eigenvalue weighted by atomic mass is 32.2. The van der Waals surface area contributed by atoms with Gasteiger partial charge < -0.3 is 4.74 Å². The second kappa shape index (κ2) is 3.92. The topological polar surface area (TPSA) is 26.3 Å². The zero-order valence-electron chi connectivity index (χ0n) is 8.38. The molecular weight excluding hydrogens is 184 g/mol. The highest BCUT2D eigenvalue weighted by molar-refractivity contribution is 7.84. The standard InChI is InChI=1S/C10H14O2S/c1-7-5-9(13(4)11)6-8(2)10(7)12-3/h5-6H,1-4H3. The van der Waals surface area contributed by atoms with Crippen LogP contribution in [0.1, 0.15) is 11.1 Å². The molecule has 0 heterocycles. The molecule has 0 spiro atoms. The van der Waals surface area contributed by atoms with Crippen molar-refractivity contribution in [3.63, 3.8) is 0 Å². The van der Waals surface area contributed by atoms with Crippen molar-refractivity contribution in [3.05, 3.63) is 23.3 Å². The van der Waals surface area contributed by atoms with Gasteiger partial charge in [0.2, 0.25) is 0 Å². The van der Waals surface area contributed by atoms with E-state index in [4.69, 9.17) is 4.74 Å². The molecule has 0 aromatic heterocycles. The van der Waals surface area contributed by atoms with Crippen LogP contribution < -0.4 is 4.74 Å². The average molecular weight is 198 g/mol. The lowest BCUT2D eigenvalue weighted by molar-refractivity contribution is 0.408. The number of aryl methyl sites for hydroxylation is 2. The van der Waals surface area contributed by atoms with Crippen LogP contribution >= 0.6 is 0 Å². The van der Waals surface area contributed by atoms with Gasteiger partial charge in [-0.25, -0.2) is 0 Å². The first-order valence-electron chi connectivity index (χ1n) is 4.05. The van der Waals surface area contributed by atoms with E-state index in [0.29, 0.717) is 0 Å². The quantitative estimate of drug-likeness (QED) is 0.727. The highest BCUT2D eigenvalue weighted by Gasteiger charge is 2.06. The maximum Gasteiger partial charge on any atom is 0.124 e. The fourth-order valence-corrected chi connectivity index (χ4v) is 2.08. The number of hydrogen-bond acceptors (Lipinski definition) is 2. The Bertz CT molecular complexity index is 322. The zero-order valence-corrected chi connectivity index (χ0v) is 9.20. The largest absolute Gasteiger partial charge is 0.496 e. The van der Waals surface area contributed by atoms with Crippen molar-refractivity contribution >= 4 is 10.8 Å². The van der Waals surface area contributed by atoms with Crippen molar-refractivity contribution < 1.29 is 8.95 Å². The van der Waals surface area contributed by atoms with Crippen molar-refractivity contribution in [1.29, 1.82) is 0 Å². The number of methoxy groups -OCH3 is 1. The van der Waals surface area contributed by atoms with Gasteiger partial charge in [-0.15, -0.1) is 0 Å². The van der Waals surface area contributed by atoms with E-state index < -0.39 is 10.8 Å². The van der Waals surface area contributed by atoms with Gasteiger partial charge in [-0.2, -0.15) is 0 Å². The zero-order chi connectivity index (χ0) is 10.0. The van der Waals surface area contributed by atoms with E-state index in [1.54, 1.807) is 13.4 Å². The lowest BCUT2D eigenvalue weighted by Gasteiger charge is -2.09. The number of hydrogen-bond donors (Lipinski definition) is 0. The van der Waals surface area contributed by atoms with Gasteiger partial charge in [0.25, 0.3) is 0 Å². The van der Waals surface area contributed by atoms with Gasteiger partial charge in [-0.3, -0.25) is 4.21 Å². The van der Waals surface area contributed by atoms with Gasteiger partial charge in [-0.1, -0.05) is 0 Å². The summed E-state index contributed by atoms with van der Waals surface area (Å²) in [5, 5.41) is 0. The first-order valence-corrected chi connectivity index (χ1v) is 5.60. The molecule has 1 aromatic rings. The fraction of sp³-hybridized carbons (Fsp3) is 0.400. The molecule has 0 saturated heterocycles. The molecule has 0 aliphatic rings. The van der Waals surface area contributed by atoms with E-state index in [0.717, 1.165) is 21.8 Å². The smallest absolute Gasteiger partial charge is 0.124 e. The Morgan fingerprint density at radius 1 is 1.23 bits per heavy atom. The van der Waals surface area contributed by atoms with Gasteiger partial charge in [0, 0.05) is 22.0 Å². The number of rotatable bonds is 2. The Morgan fingerprint density at radius 2 is 1.69 bits per heavy atom. The molecule has 0 bridgehead atoms. The van der Waals surface area contributed by atoms with Crippen LogP contribution in [0.5, 0.6) is 5.75 Å². The molecule has 1 aromatic carbocycles. The molecule has 13 heavy (non-hydrogen) atoms. The molecule has 72 valence electrons. The van der Waals surface area contributed by atoms with Gasteiger partial charge >= 0.3 is 0 Å². The summed E-state index contributed by atoms with van der Waals surface area (Å²) >= 11 is 0. The molecule has 0 aliphatic heterocycles. The van der Waals surface area contributed by atoms with Crippen LogP contribution in [-0.2, 0) is 10.8 Å². The second-order valence-corrected chi connectivity index (χ2v) is 4.42. The minimum absolute atomic E-state index is 0.857. The van der Waals surface area contributed by atoms with E-state index >= 15 is 0 Å². The summed E-state index contributed by atoms with van der Waals surface area (Å²) < 4.78 is 16.4. The third-order valence-corrected chi connectivity index (χ3v) is 2.87. The lowest BCUT2D eigenvalue weighted by atomic mass is 10.1. The van der Waals surface area contributed by atoms with Crippen LogP contribution in [0, 0.1) is 13.8 Å². The monoisotopic (exact) mass is 198 g/mol. The minimum Gasteiger partial charge on any atom is -0.496 e. The van der Waals surface area contributed by atoms with E-state index in [9.17, 15) is 4.21 Å². The molecule has 0 fully saturated rings. The summed E-state index contributed by atoms with van der Waals surface area (Å²) in [7, 11) is 0.735. The maximum absolute atomic E-state index is 11.2. The van der Waals surface area contributed by atoms with Crippen LogP contribution in [0.3, 0.4) is 0 Å². The van der Waals surface area contributed by atoms with Gasteiger partial charge in [0.15, 0.2) is 0 Å². The van der Waals surface area contributed by atoms with Gasteiger partial charge in [0.1, 0.15) is 5.75 Å². The summed E-state index contributed by atoms with van der Waals surface area (Å²) in [5.41, 5.74) is 2.07. The Kier molecular flexibility index (Phi) is 3.09. The molecule has 1 atom stereocenters. The molecule has 0 amide bonds. The predicted molar refractivity (Wildman–Crippen MR) is 54.8 cm³/mol. The SMILES string of the molecule is COc1c(C)cc(S(C)=O)cc1C. The number of ether oxygens (including phenoxy) is 1. The van der Waals surface area contributed by atoms with Crippen molar-refractivity contribution in [3.8, 4) is 5.75 Å². The van der Waals surface area contributed by atoms with E-state index in [2.05, 4.69) is 0 Å². The first-order chi connectivity index (χ1) is 6.06. The lowest BCUT2D eigenvalue weighted by Crippen LogP contribution is -1.95. The van der Waals surface area contributed by atoms with Crippen molar-refractivity contribution in [2.24, 2.45) is 0 Å². The van der Waals surface area contributed by atoms with Crippen LogP contribution in [0.15, 0.2) is 17.0 Å². The van der Waals surface area contributed by atoms with Crippen LogP contribution in [0.4, 0.5) is 0 Å². The molecule has 1 rings (SSSR count). The Hall–Kier alpha value is -0.830. The third-order valence-electron chi connectivity index (χ3n) is 1.97. The van der Waals surface area contributed by atoms with Crippen molar-refractivity contribution in [2.45, 2.75) is 18.7 Å². The number of benzene rings is 1. The Labute approximate surface area is 81.4 Å². The molecule has 0 N–H and O–H groups in total. The summed E-state index contributed by atoms with van der Waals surface area (Å²) in [6, 6.07) is 3.81. The predicted octanol–water partition coefficient (Wildman–Crippen LogP) is 2.05. The summed E-state index contributed by atoms with van der Waals surface area (Å²) in [6.45, 7) is 3.92. The molecule has 3 heteroatoms. The van der Waals surface area contributed by atoms with E-state index in [1.165, 1.54) is 0 Å². The average Bonchev–Trinajstić information content (AvgIpc) is 2.03. The third kappa shape index (κ3) is 2.10. The van der Waals surface area contributed by atoms with Crippen LogP contribution in [0.2, 0.25) is 0 Å². The van der Waals surface area contributed by atoms with Crippen LogP contribution in [0.25, 0.3) is 0 Å². The molecule has 0 aliphatic carbocycles. The van der Waals surface area contributed by atoms with E-state index in [1.807, 2.05) is 26.0 Å². The molecule has 0 saturated carbocycles. The van der Waals surface area contributed by atoms with Crippen molar-refractivity contribution in [2.75, 3.05) is 13.4 Å². The molecule has 1 unspecified atom stereocenters. The van der Waals surface area contributed by atoms with Crippen molar-refractivity contribution in [1.82, 2.24) is 0 Å². The molecular formula is C10H14O2S. The summed E-state index contributed by atoms with van der Waals surface area (Å²) in [6.07, 6.45) is 1.68. The Morgan fingerprint density at radius 3 is 2.00 bits per heavy atom. The van der Waals surface area contributed by atoms with Gasteiger partial charge in [0.05, 0.1) is 7.11 Å². The van der Waals surface area contributed by atoms with E-state index in [-0.39, 0.29) is 0 Å². The highest BCUT2D eigenvalue weighted by Crippen LogP contribution is 2.25. The molecule has 0 radical (unpaired) electrons. The second-order valence-electron chi connectivity index (χ2n) is 3.04.